The van der Waals surface area contributed by atoms with Crippen LogP contribution < -0.4 is 15.4 Å². The molecule has 110 valence electrons. The molecule has 0 aromatic carbocycles. The number of nitrogens with zero attached hydrogens (tertiary/aromatic N) is 5. The predicted molar refractivity (Wildman–Crippen MR) is 77.1 cm³/mol. The van der Waals surface area contributed by atoms with Gasteiger partial charge in [0, 0.05) is 25.5 Å². The Balaban J connectivity index is 1.97. The van der Waals surface area contributed by atoms with E-state index in [1.165, 1.54) is 0 Å². The number of nitrogen functional groups attached to an aromatic ring is 1. The molecule has 2 aromatic heterocycles. The minimum atomic E-state index is 0.223. The highest BCUT2D eigenvalue weighted by molar-refractivity contribution is 5.60. The Hall–Kier alpha value is -2.48. The van der Waals surface area contributed by atoms with Crippen molar-refractivity contribution in [3.8, 4) is 17.1 Å². The maximum Gasteiger partial charge on any atom is 0.219 e. The molecule has 21 heavy (non-hydrogen) atoms. The maximum atomic E-state index is 5.49. The van der Waals surface area contributed by atoms with Crippen molar-refractivity contribution in [3.63, 3.8) is 0 Å². The summed E-state index contributed by atoms with van der Waals surface area (Å²) in [6.07, 6.45) is 4.87. The standard InChI is InChI=1S/C13H16N6O2/c1-20-10-8-15-11(9-6-16-13(14)17-7-9)18-12(10)19-2-4-21-5-3-19/h6-8H,2-5H2,1H3,(H2,14,16,17). The second kappa shape index (κ2) is 5.88. The van der Waals surface area contributed by atoms with Crippen LogP contribution in [0.5, 0.6) is 5.75 Å². The van der Waals surface area contributed by atoms with Crippen LogP contribution in [0.2, 0.25) is 0 Å². The number of ether oxygens (including phenoxy) is 2. The fourth-order valence-electron chi connectivity index (χ4n) is 2.10. The van der Waals surface area contributed by atoms with Gasteiger partial charge in [0.15, 0.2) is 17.4 Å². The third-order valence-corrected chi connectivity index (χ3v) is 3.20. The van der Waals surface area contributed by atoms with Crippen LogP contribution in [0, 0.1) is 0 Å². The molecule has 0 atom stereocenters. The van der Waals surface area contributed by atoms with E-state index in [0.717, 1.165) is 18.9 Å². The number of methoxy groups -OCH3 is 1. The van der Waals surface area contributed by atoms with Crippen LogP contribution >= 0.6 is 0 Å². The maximum absolute atomic E-state index is 5.49. The third kappa shape index (κ3) is 2.84. The van der Waals surface area contributed by atoms with Gasteiger partial charge in [0.1, 0.15) is 0 Å². The van der Waals surface area contributed by atoms with Crippen molar-refractivity contribution in [2.45, 2.75) is 0 Å². The van der Waals surface area contributed by atoms with Gasteiger partial charge >= 0.3 is 0 Å². The number of anilines is 2. The Kier molecular flexibility index (Phi) is 3.78. The quantitative estimate of drug-likeness (QED) is 0.864. The summed E-state index contributed by atoms with van der Waals surface area (Å²) in [6, 6.07) is 0. The molecule has 0 bridgehead atoms. The van der Waals surface area contributed by atoms with Crippen molar-refractivity contribution < 1.29 is 9.47 Å². The van der Waals surface area contributed by atoms with E-state index in [9.17, 15) is 0 Å². The van der Waals surface area contributed by atoms with Crippen molar-refractivity contribution in [1.29, 1.82) is 0 Å². The van der Waals surface area contributed by atoms with Crippen molar-refractivity contribution in [1.82, 2.24) is 19.9 Å². The highest BCUT2D eigenvalue weighted by atomic mass is 16.5. The van der Waals surface area contributed by atoms with Gasteiger partial charge in [0.25, 0.3) is 0 Å². The Morgan fingerprint density at radius 1 is 1.14 bits per heavy atom. The Morgan fingerprint density at radius 2 is 1.86 bits per heavy atom. The van der Waals surface area contributed by atoms with Gasteiger partial charge in [-0.25, -0.2) is 19.9 Å². The highest BCUT2D eigenvalue weighted by Crippen LogP contribution is 2.28. The van der Waals surface area contributed by atoms with Crippen LogP contribution in [0.1, 0.15) is 0 Å². The number of morpholine rings is 1. The number of rotatable bonds is 3. The topological polar surface area (TPSA) is 99.3 Å². The molecule has 2 N–H and O–H groups in total. The zero-order valence-corrected chi connectivity index (χ0v) is 11.7. The van der Waals surface area contributed by atoms with Gasteiger partial charge in [-0.3, -0.25) is 0 Å². The molecule has 3 heterocycles. The van der Waals surface area contributed by atoms with Crippen molar-refractivity contribution in [3.05, 3.63) is 18.6 Å². The summed E-state index contributed by atoms with van der Waals surface area (Å²) in [6.45, 7) is 2.89. The number of hydrogen-bond acceptors (Lipinski definition) is 8. The molecule has 0 amide bonds. The molecule has 0 spiro atoms. The fraction of sp³-hybridized carbons (Fsp3) is 0.385. The van der Waals surface area contributed by atoms with E-state index in [0.29, 0.717) is 30.4 Å². The second-order valence-corrected chi connectivity index (χ2v) is 4.51. The predicted octanol–water partition coefficient (Wildman–Crippen LogP) is 0.361. The molecular weight excluding hydrogens is 272 g/mol. The minimum Gasteiger partial charge on any atom is -0.491 e. The molecule has 1 aliphatic rings. The lowest BCUT2D eigenvalue weighted by molar-refractivity contribution is 0.122. The first kappa shape index (κ1) is 13.5. The largest absolute Gasteiger partial charge is 0.491 e. The highest BCUT2D eigenvalue weighted by Gasteiger charge is 2.18. The van der Waals surface area contributed by atoms with Gasteiger partial charge in [-0.05, 0) is 0 Å². The average Bonchev–Trinajstić information content (AvgIpc) is 2.56. The third-order valence-electron chi connectivity index (χ3n) is 3.20. The Labute approximate surface area is 122 Å². The van der Waals surface area contributed by atoms with Crippen LogP contribution in [0.4, 0.5) is 11.8 Å². The molecule has 0 radical (unpaired) electrons. The lowest BCUT2D eigenvalue weighted by Gasteiger charge is -2.28. The number of aromatic nitrogens is 4. The van der Waals surface area contributed by atoms with Crippen LogP contribution in [0.25, 0.3) is 11.4 Å². The van der Waals surface area contributed by atoms with E-state index in [1.807, 2.05) is 0 Å². The van der Waals surface area contributed by atoms with E-state index in [-0.39, 0.29) is 5.95 Å². The van der Waals surface area contributed by atoms with Gasteiger partial charge in [-0.15, -0.1) is 0 Å². The zero-order valence-electron chi connectivity index (χ0n) is 11.7. The molecule has 1 saturated heterocycles. The molecule has 8 nitrogen and oxygen atoms in total. The fourth-order valence-corrected chi connectivity index (χ4v) is 2.10. The lowest BCUT2D eigenvalue weighted by Crippen LogP contribution is -2.37. The van der Waals surface area contributed by atoms with E-state index in [1.54, 1.807) is 25.7 Å². The van der Waals surface area contributed by atoms with Crippen molar-refractivity contribution >= 4 is 11.8 Å². The van der Waals surface area contributed by atoms with Gasteiger partial charge in [-0.2, -0.15) is 0 Å². The van der Waals surface area contributed by atoms with E-state index < -0.39 is 0 Å². The minimum absolute atomic E-state index is 0.223. The van der Waals surface area contributed by atoms with Gasteiger partial charge < -0.3 is 20.1 Å². The summed E-state index contributed by atoms with van der Waals surface area (Å²) in [7, 11) is 1.61. The summed E-state index contributed by atoms with van der Waals surface area (Å²) >= 11 is 0. The molecule has 8 heteroatoms. The van der Waals surface area contributed by atoms with Gasteiger partial charge in [-0.1, -0.05) is 0 Å². The SMILES string of the molecule is COc1cnc(-c2cnc(N)nc2)nc1N1CCOCC1. The first-order chi connectivity index (χ1) is 10.3. The summed E-state index contributed by atoms with van der Waals surface area (Å²) in [5.41, 5.74) is 6.20. The summed E-state index contributed by atoms with van der Waals surface area (Å²) < 4.78 is 10.7. The lowest BCUT2D eigenvalue weighted by atomic mass is 10.3. The first-order valence-corrected chi connectivity index (χ1v) is 6.59. The summed E-state index contributed by atoms with van der Waals surface area (Å²) in [5.74, 6) is 2.15. The zero-order chi connectivity index (χ0) is 14.7. The Morgan fingerprint density at radius 3 is 2.52 bits per heavy atom. The van der Waals surface area contributed by atoms with Crippen LogP contribution in [-0.2, 0) is 4.74 Å². The van der Waals surface area contributed by atoms with E-state index in [2.05, 4.69) is 24.8 Å². The second-order valence-electron chi connectivity index (χ2n) is 4.51. The number of hydrogen-bond donors (Lipinski definition) is 1. The summed E-state index contributed by atoms with van der Waals surface area (Å²) in [4.78, 5) is 18.9. The normalized spacial score (nSPS) is 15.0. The van der Waals surface area contributed by atoms with Crippen LogP contribution in [0.15, 0.2) is 18.6 Å². The Bertz CT molecular complexity index is 613. The molecule has 1 aliphatic heterocycles. The first-order valence-electron chi connectivity index (χ1n) is 6.59. The smallest absolute Gasteiger partial charge is 0.219 e. The summed E-state index contributed by atoms with van der Waals surface area (Å²) in [5, 5.41) is 0. The molecule has 0 unspecified atom stereocenters. The van der Waals surface area contributed by atoms with E-state index >= 15 is 0 Å². The van der Waals surface area contributed by atoms with Crippen LogP contribution in [-0.4, -0.2) is 53.3 Å². The van der Waals surface area contributed by atoms with E-state index in [4.69, 9.17) is 15.2 Å². The van der Waals surface area contributed by atoms with Gasteiger partial charge in [0.05, 0.1) is 32.1 Å². The van der Waals surface area contributed by atoms with Crippen LogP contribution in [0.3, 0.4) is 0 Å². The average molecular weight is 288 g/mol. The molecule has 2 aromatic rings. The number of nitrogens with two attached hydrogens (primary N) is 1. The molecule has 1 fully saturated rings. The molecule has 0 saturated carbocycles. The van der Waals surface area contributed by atoms with Gasteiger partial charge in [0.2, 0.25) is 5.95 Å². The van der Waals surface area contributed by atoms with Crippen molar-refractivity contribution in [2.24, 2.45) is 0 Å². The van der Waals surface area contributed by atoms with Crippen molar-refractivity contribution in [2.75, 3.05) is 44.0 Å². The monoisotopic (exact) mass is 288 g/mol. The molecule has 0 aliphatic carbocycles. The molecule has 3 rings (SSSR count). The molecular formula is C13H16N6O2.